The lowest BCUT2D eigenvalue weighted by Gasteiger charge is -2.36. The number of primary amides is 1. The minimum atomic E-state index is -0.273. The topological polar surface area (TPSA) is 67.6 Å². The molecule has 1 aliphatic rings. The monoisotopic (exact) mass is 243 g/mol. The van der Waals surface area contributed by atoms with E-state index in [0.717, 1.165) is 26.1 Å². The lowest BCUT2D eigenvalue weighted by Crippen LogP contribution is -2.54. The van der Waals surface area contributed by atoms with Gasteiger partial charge < -0.3 is 15.8 Å². The van der Waals surface area contributed by atoms with Gasteiger partial charge in [0.15, 0.2) is 0 Å². The Kier molecular flexibility index (Phi) is 5.88. The van der Waals surface area contributed by atoms with Crippen LogP contribution in [-0.4, -0.2) is 55.2 Å². The van der Waals surface area contributed by atoms with E-state index < -0.39 is 0 Å². The van der Waals surface area contributed by atoms with Gasteiger partial charge in [0.2, 0.25) is 5.91 Å². The van der Waals surface area contributed by atoms with Crippen molar-refractivity contribution in [2.45, 2.75) is 45.4 Å². The third kappa shape index (κ3) is 5.02. The Hall–Kier alpha value is -0.650. The molecule has 0 radical (unpaired) electrons. The fourth-order valence-electron chi connectivity index (χ4n) is 2.27. The molecule has 0 aromatic rings. The van der Waals surface area contributed by atoms with Crippen molar-refractivity contribution in [2.24, 2.45) is 5.73 Å². The van der Waals surface area contributed by atoms with Crippen LogP contribution in [0.3, 0.4) is 0 Å². The summed E-state index contributed by atoms with van der Waals surface area (Å²) in [6.07, 6.45) is 1.44. The van der Waals surface area contributed by atoms with E-state index in [0.29, 0.717) is 6.54 Å². The second-order valence-corrected chi connectivity index (χ2v) is 4.88. The summed E-state index contributed by atoms with van der Waals surface area (Å²) in [4.78, 5) is 13.6. The standard InChI is InChI=1S/C12H25N3O2/c1-4-5-14-11(12(13)16)8-15-6-9(2)17-10(3)7-15/h9-11,14H,4-8H2,1-3H3,(H2,13,16). The number of ether oxygens (including phenoxy) is 1. The molecule has 100 valence electrons. The highest BCUT2D eigenvalue weighted by molar-refractivity contribution is 5.80. The average Bonchev–Trinajstić information content (AvgIpc) is 2.22. The second kappa shape index (κ2) is 6.93. The number of carbonyl (C=O) groups is 1. The number of nitrogens with two attached hydrogens (primary N) is 1. The van der Waals surface area contributed by atoms with Crippen molar-refractivity contribution >= 4 is 5.91 Å². The first kappa shape index (κ1) is 14.4. The molecule has 5 nitrogen and oxygen atoms in total. The molecule has 1 heterocycles. The molecule has 1 aliphatic heterocycles. The highest BCUT2D eigenvalue weighted by Crippen LogP contribution is 2.10. The summed E-state index contributed by atoms with van der Waals surface area (Å²) in [6.45, 7) is 9.41. The molecule has 0 aromatic heterocycles. The molecule has 1 saturated heterocycles. The number of nitrogens with zero attached hydrogens (tertiary/aromatic N) is 1. The molecule has 3 N–H and O–H groups in total. The molecular weight excluding hydrogens is 218 g/mol. The maximum absolute atomic E-state index is 11.3. The Morgan fingerprint density at radius 3 is 2.53 bits per heavy atom. The zero-order chi connectivity index (χ0) is 12.8. The third-order valence-electron chi connectivity index (χ3n) is 2.92. The molecular formula is C12H25N3O2. The van der Waals surface area contributed by atoms with Crippen molar-refractivity contribution in [2.75, 3.05) is 26.2 Å². The van der Waals surface area contributed by atoms with Gasteiger partial charge in [-0.25, -0.2) is 0 Å². The molecule has 1 amide bonds. The molecule has 1 rings (SSSR count). The highest BCUT2D eigenvalue weighted by Gasteiger charge is 2.25. The first-order chi connectivity index (χ1) is 8.02. The quantitative estimate of drug-likeness (QED) is 0.686. The minimum Gasteiger partial charge on any atom is -0.373 e. The van der Waals surface area contributed by atoms with Crippen LogP contribution in [0.2, 0.25) is 0 Å². The van der Waals surface area contributed by atoms with Gasteiger partial charge in [-0.1, -0.05) is 6.92 Å². The second-order valence-electron chi connectivity index (χ2n) is 4.88. The summed E-state index contributed by atoms with van der Waals surface area (Å²) >= 11 is 0. The predicted molar refractivity (Wildman–Crippen MR) is 67.7 cm³/mol. The van der Waals surface area contributed by atoms with Crippen LogP contribution >= 0.6 is 0 Å². The van der Waals surface area contributed by atoms with Crippen LogP contribution in [0.25, 0.3) is 0 Å². The first-order valence-corrected chi connectivity index (χ1v) is 6.43. The van der Waals surface area contributed by atoms with Gasteiger partial charge in [-0.2, -0.15) is 0 Å². The van der Waals surface area contributed by atoms with Crippen molar-refractivity contribution < 1.29 is 9.53 Å². The van der Waals surface area contributed by atoms with Crippen LogP contribution in [0.1, 0.15) is 27.2 Å². The highest BCUT2D eigenvalue weighted by atomic mass is 16.5. The molecule has 1 fully saturated rings. The molecule has 17 heavy (non-hydrogen) atoms. The SMILES string of the molecule is CCCNC(CN1CC(C)OC(C)C1)C(N)=O. The Balaban J connectivity index is 2.45. The van der Waals surface area contributed by atoms with Gasteiger partial charge >= 0.3 is 0 Å². The van der Waals surface area contributed by atoms with E-state index in [1.54, 1.807) is 0 Å². The Morgan fingerprint density at radius 1 is 1.47 bits per heavy atom. The number of hydrogen-bond donors (Lipinski definition) is 2. The van der Waals surface area contributed by atoms with Crippen molar-refractivity contribution in [1.29, 1.82) is 0 Å². The van der Waals surface area contributed by atoms with Gasteiger partial charge in [-0.3, -0.25) is 9.69 Å². The molecule has 0 aromatic carbocycles. The molecule has 5 heteroatoms. The van der Waals surface area contributed by atoms with Crippen molar-refractivity contribution in [3.05, 3.63) is 0 Å². The molecule has 3 unspecified atom stereocenters. The molecule has 0 aliphatic carbocycles. The summed E-state index contributed by atoms with van der Waals surface area (Å²) in [5.41, 5.74) is 5.40. The van der Waals surface area contributed by atoms with Crippen LogP contribution in [0.4, 0.5) is 0 Å². The van der Waals surface area contributed by atoms with Crippen molar-refractivity contribution in [3.8, 4) is 0 Å². The maximum Gasteiger partial charge on any atom is 0.235 e. The lowest BCUT2D eigenvalue weighted by molar-refractivity contribution is -0.122. The van der Waals surface area contributed by atoms with E-state index in [2.05, 4.69) is 31.0 Å². The molecule has 0 bridgehead atoms. The van der Waals surface area contributed by atoms with Crippen LogP contribution in [0, 0.1) is 0 Å². The number of nitrogens with one attached hydrogen (secondary N) is 1. The van der Waals surface area contributed by atoms with Gasteiger partial charge in [-0.15, -0.1) is 0 Å². The lowest BCUT2D eigenvalue weighted by atomic mass is 10.2. The number of hydrogen-bond acceptors (Lipinski definition) is 4. The number of carbonyl (C=O) groups excluding carboxylic acids is 1. The summed E-state index contributed by atoms with van der Waals surface area (Å²) in [5.74, 6) is -0.273. The summed E-state index contributed by atoms with van der Waals surface area (Å²) in [7, 11) is 0. The van der Waals surface area contributed by atoms with E-state index in [9.17, 15) is 4.79 Å². The smallest absolute Gasteiger partial charge is 0.235 e. The largest absolute Gasteiger partial charge is 0.373 e. The van der Waals surface area contributed by atoms with E-state index in [1.807, 2.05) is 0 Å². The Morgan fingerprint density at radius 2 is 2.06 bits per heavy atom. The van der Waals surface area contributed by atoms with Gasteiger partial charge in [0.1, 0.15) is 0 Å². The summed E-state index contributed by atoms with van der Waals surface area (Å²) in [5, 5.41) is 3.19. The summed E-state index contributed by atoms with van der Waals surface area (Å²) in [6, 6.07) is -0.257. The van der Waals surface area contributed by atoms with E-state index in [4.69, 9.17) is 10.5 Å². The van der Waals surface area contributed by atoms with Gasteiger partial charge in [0, 0.05) is 19.6 Å². The van der Waals surface area contributed by atoms with Crippen LogP contribution in [0.5, 0.6) is 0 Å². The number of morpholine rings is 1. The van der Waals surface area contributed by atoms with Gasteiger partial charge in [-0.05, 0) is 26.8 Å². The molecule has 3 atom stereocenters. The van der Waals surface area contributed by atoms with Gasteiger partial charge in [0.05, 0.1) is 18.2 Å². The molecule has 0 spiro atoms. The Labute approximate surface area is 104 Å². The number of amides is 1. The normalized spacial score (nSPS) is 27.9. The predicted octanol–water partition coefficient (Wildman–Crippen LogP) is -0.0509. The summed E-state index contributed by atoms with van der Waals surface area (Å²) < 4.78 is 5.66. The van der Waals surface area contributed by atoms with E-state index in [1.165, 1.54) is 0 Å². The molecule has 0 saturated carbocycles. The van der Waals surface area contributed by atoms with Gasteiger partial charge in [0.25, 0.3) is 0 Å². The van der Waals surface area contributed by atoms with Crippen LogP contribution < -0.4 is 11.1 Å². The van der Waals surface area contributed by atoms with Crippen molar-refractivity contribution in [3.63, 3.8) is 0 Å². The fraction of sp³-hybridized carbons (Fsp3) is 0.917. The van der Waals surface area contributed by atoms with Crippen LogP contribution in [-0.2, 0) is 9.53 Å². The minimum absolute atomic E-state index is 0.221. The average molecular weight is 243 g/mol. The number of rotatable bonds is 6. The fourth-order valence-corrected chi connectivity index (χ4v) is 2.27. The zero-order valence-corrected chi connectivity index (χ0v) is 11.1. The van der Waals surface area contributed by atoms with Crippen LogP contribution in [0.15, 0.2) is 0 Å². The zero-order valence-electron chi connectivity index (χ0n) is 11.1. The van der Waals surface area contributed by atoms with E-state index >= 15 is 0 Å². The van der Waals surface area contributed by atoms with E-state index in [-0.39, 0.29) is 24.2 Å². The van der Waals surface area contributed by atoms with Crippen molar-refractivity contribution in [1.82, 2.24) is 10.2 Å². The third-order valence-corrected chi connectivity index (χ3v) is 2.92. The Bertz CT molecular complexity index is 238. The maximum atomic E-state index is 11.3. The first-order valence-electron chi connectivity index (χ1n) is 6.43.